The Morgan fingerprint density at radius 1 is 1.16 bits per heavy atom. The van der Waals surface area contributed by atoms with Gasteiger partial charge in [0, 0.05) is 6.54 Å². The van der Waals surface area contributed by atoms with Crippen molar-refractivity contribution in [2.45, 2.75) is 48.0 Å². The molecule has 1 atom stereocenters. The molecule has 0 fully saturated rings. The molecule has 1 aromatic carbocycles. The third kappa shape index (κ3) is 5.36. The summed E-state index contributed by atoms with van der Waals surface area (Å²) < 4.78 is 0. The predicted octanol–water partition coefficient (Wildman–Crippen LogP) is 4.45. The largest absolute Gasteiger partial charge is 0.316 e. The standard InChI is InChI=1S/C18H31N/c1-14(2)12-19-13-18(6,15(3)4)11-17-9-7-8-16(5)10-17/h7-10,14-15,19H,11-13H2,1-6H3. The highest BCUT2D eigenvalue weighted by Gasteiger charge is 2.28. The summed E-state index contributed by atoms with van der Waals surface area (Å²) >= 11 is 0. The van der Waals surface area contributed by atoms with Crippen LogP contribution in [0.1, 0.15) is 45.7 Å². The van der Waals surface area contributed by atoms with Crippen molar-refractivity contribution in [3.8, 4) is 0 Å². The predicted molar refractivity (Wildman–Crippen MR) is 85.5 cm³/mol. The zero-order valence-electron chi connectivity index (χ0n) is 13.6. The molecule has 0 bridgehead atoms. The van der Waals surface area contributed by atoms with E-state index in [1.807, 2.05) is 0 Å². The van der Waals surface area contributed by atoms with Gasteiger partial charge in [-0.1, -0.05) is 64.4 Å². The topological polar surface area (TPSA) is 12.0 Å². The first-order chi connectivity index (χ1) is 8.83. The third-order valence-electron chi connectivity index (χ3n) is 4.17. The van der Waals surface area contributed by atoms with Crippen molar-refractivity contribution in [1.82, 2.24) is 5.32 Å². The first-order valence-electron chi connectivity index (χ1n) is 7.60. The van der Waals surface area contributed by atoms with Crippen molar-refractivity contribution in [1.29, 1.82) is 0 Å². The van der Waals surface area contributed by atoms with Crippen molar-refractivity contribution in [3.63, 3.8) is 0 Å². The highest BCUT2D eigenvalue weighted by molar-refractivity contribution is 5.23. The number of hydrogen-bond acceptors (Lipinski definition) is 1. The summed E-state index contributed by atoms with van der Waals surface area (Å²) in [6.07, 6.45) is 1.15. The van der Waals surface area contributed by atoms with Crippen molar-refractivity contribution in [2.24, 2.45) is 17.3 Å². The van der Waals surface area contributed by atoms with Crippen molar-refractivity contribution in [2.75, 3.05) is 13.1 Å². The molecule has 0 saturated heterocycles. The van der Waals surface area contributed by atoms with Crippen molar-refractivity contribution in [3.05, 3.63) is 35.4 Å². The number of aryl methyl sites for hydroxylation is 1. The zero-order valence-corrected chi connectivity index (χ0v) is 13.6. The summed E-state index contributed by atoms with van der Waals surface area (Å²) in [7, 11) is 0. The molecule has 0 aliphatic carbocycles. The van der Waals surface area contributed by atoms with Crippen LogP contribution in [0.2, 0.25) is 0 Å². The van der Waals surface area contributed by atoms with Crippen LogP contribution in [-0.2, 0) is 6.42 Å². The molecule has 1 aromatic rings. The molecule has 19 heavy (non-hydrogen) atoms. The molecule has 1 nitrogen and oxygen atoms in total. The molecule has 0 saturated carbocycles. The lowest BCUT2D eigenvalue weighted by Crippen LogP contribution is -2.39. The fourth-order valence-electron chi connectivity index (χ4n) is 2.41. The summed E-state index contributed by atoms with van der Waals surface area (Å²) in [6, 6.07) is 8.93. The summed E-state index contributed by atoms with van der Waals surface area (Å²) in [5, 5.41) is 3.64. The van der Waals surface area contributed by atoms with Gasteiger partial charge in [-0.05, 0) is 42.7 Å². The second-order valence-electron chi connectivity index (χ2n) is 7.00. The van der Waals surface area contributed by atoms with Crippen LogP contribution in [0.25, 0.3) is 0 Å². The highest BCUT2D eigenvalue weighted by Crippen LogP contribution is 2.31. The number of rotatable bonds is 7. The third-order valence-corrected chi connectivity index (χ3v) is 4.17. The number of benzene rings is 1. The monoisotopic (exact) mass is 261 g/mol. The number of hydrogen-bond donors (Lipinski definition) is 1. The first kappa shape index (κ1) is 16.2. The van der Waals surface area contributed by atoms with E-state index >= 15 is 0 Å². The van der Waals surface area contributed by atoms with Crippen LogP contribution in [0.5, 0.6) is 0 Å². The molecule has 0 spiro atoms. The Labute approximate surface area is 119 Å². The minimum Gasteiger partial charge on any atom is -0.316 e. The van der Waals surface area contributed by atoms with Crippen LogP contribution in [0.15, 0.2) is 24.3 Å². The minimum absolute atomic E-state index is 0.322. The molecule has 1 unspecified atom stereocenters. The van der Waals surface area contributed by atoms with Crippen molar-refractivity contribution < 1.29 is 0 Å². The molecule has 1 rings (SSSR count). The van der Waals surface area contributed by atoms with Crippen molar-refractivity contribution >= 4 is 0 Å². The van der Waals surface area contributed by atoms with Crippen LogP contribution in [-0.4, -0.2) is 13.1 Å². The normalized spacial score (nSPS) is 14.9. The van der Waals surface area contributed by atoms with Gasteiger partial charge >= 0.3 is 0 Å². The van der Waals surface area contributed by atoms with E-state index in [9.17, 15) is 0 Å². The van der Waals surface area contributed by atoms with Gasteiger partial charge in [0.15, 0.2) is 0 Å². The van der Waals surface area contributed by atoms with Crippen LogP contribution < -0.4 is 5.32 Å². The Morgan fingerprint density at radius 2 is 1.84 bits per heavy atom. The average Bonchev–Trinajstić information content (AvgIpc) is 2.28. The smallest absolute Gasteiger partial charge is 0.00109 e. The zero-order chi connectivity index (χ0) is 14.5. The van der Waals surface area contributed by atoms with Crippen LogP contribution in [0.4, 0.5) is 0 Å². The Balaban J connectivity index is 2.70. The summed E-state index contributed by atoms with van der Waals surface area (Å²) in [6.45, 7) is 16.0. The maximum Gasteiger partial charge on any atom is 0.00109 e. The average molecular weight is 261 g/mol. The second kappa shape index (κ2) is 7.09. The molecule has 0 aromatic heterocycles. The van der Waals surface area contributed by atoms with Crippen LogP contribution >= 0.6 is 0 Å². The van der Waals surface area contributed by atoms with E-state index in [1.165, 1.54) is 11.1 Å². The quantitative estimate of drug-likeness (QED) is 0.765. The van der Waals surface area contributed by atoms with Gasteiger partial charge in [0.2, 0.25) is 0 Å². The Bertz CT molecular complexity index is 381. The molecule has 0 heterocycles. The molecular formula is C18H31N. The molecule has 108 valence electrons. The lowest BCUT2D eigenvalue weighted by molar-refractivity contribution is 0.205. The first-order valence-corrected chi connectivity index (χ1v) is 7.60. The SMILES string of the molecule is Cc1cccc(CC(C)(CNCC(C)C)C(C)C)c1. The van der Waals surface area contributed by atoms with Crippen LogP contribution in [0, 0.1) is 24.2 Å². The lowest BCUT2D eigenvalue weighted by Gasteiger charge is -2.35. The molecule has 1 N–H and O–H groups in total. The van der Waals surface area contributed by atoms with Gasteiger partial charge in [-0.2, -0.15) is 0 Å². The summed E-state index contributed by atoms with van der Waals surface area (Å²) in [4.78, 5) is 0. The van der Waals surface area contributed by atoms with E-state index in [1.54, 1.807) is 0 Å². The molecular weight excluding hydrogens is 230 g/mol. The molecule has 0 amide bonds. The molecule has 1 heteroatoms. The minimum atomic E-state index is 0.322. The van der Waals surface area contributed by atoms with Gasteiger partial charge in [-0.25, -0.2) is 0 Å². The fraction of sp³-hybridized carbons (Fsp3) is 0.667. The van der Waals surface area contributed by atoms with Gasteiger partial charge < -0.3 is 5.32 Å². The van der Waals surface area contributed by atoms with Gasteiger partial charge in [-0.3, -0.25) is 0 Å². The second-order valence-corrected chi connectivity index (χ2v) is 7.00. The maximum absolute atomic E-state index is 3.64. The van der Waals surface area contributed by atoms with E-state index in [4.69, 9.17) is 0 Å². The highest BCUT2D eigenvalue weighted by atomic mass is 14.9. The van der Waals surface area contributed by atoms with Gasteiger partial charge in [-0.15, -0.1) is 0 Å². The fourth-order valence-corrected chi connectivity index (χ4v) is 2.41. The summed E-state index contributed by atoms with van der Waals surface area (Å²) in [5.74, 6) is 1.39. The van der Waals surface area contributed by atoms with E-state index in [2.05, 4.69) is 71.1 Å². The van der Waals surface area contributed by atoms with Crippen LogP contribution in [0.3, 0.4) is 0 Å². The molecule has 0 aliphatic rings. The van der Waals surface area contributed by atoms with E-state index in [-0.39, 0.29) is 0 Å². The van der Waals surface area contributed by atoms with Gasteiger partial charge in [0.25, 0.3) is 0 Å². The van der Waals surface area contributed by atoms with Gasteiger partial charge in [0.1, 0.15) is 0 Å². The lowest BCUT2D eigenvalue weighted by atomic mass is 9.74. The van der Waals surface area contributed by atoms with E-state index in [0.29, 0.717) is 11.3 Å². The Kier molecular flexibility index (Phi) is 6.06. The molecule has 0 radical (unpaired) electrons. The number of nitrogens with one attached hydrogen (secondary N) is 1. The maximum atomic E-state index is 3.64. The Hall–Kier alpha value is -0.820. The van der Waals surface area contributed by atoms with Gasteiger partial charge in [0.05, 0.1) is 0 Å². The van der Waals surface area contributed by atoms with E-state index < -0.39 is 0 Å². The van der Waals surface area contributed by atoms with E-state index in [0.717, 1.165) is 25.4 Å². The molecule has 0 aliphatic heterocycles. The summed E-state index contributed by atoms with van der Waals surface area (Å²) in [5.41, 5.74) is 3.14. The Morgan fingerprint density at radius 3 is 2.37 bits per heavy atom.